The molecule has 0 saturated carbocycles. The van der Waals surface area contributed by atoms with E-state index in [1.165, 1.54) is 0 Å². The van der Waals surface area contributed by atoms with Gasteiger partial charge in [-0.15, -0.1) is 0 Å². The summed E-state index contributed by atoms with van der Waals surface area (Å²) in [4.78, 5) is 19.4. The summed E-state index contributed by atoms with van der Waals surface area (Å²) in [5.41, 5.74) is 0. The molecule has 0 unspecified atom stereocenters. The van der Waals surface area contributed by atoms with Gasteiger partial charge in [-0.2, -0.15) is 4.98 Å². The molecule has 0 bridgehead atoms. The smallest absolute Gasteiger partial charge is 0.320 e. The first-order valence-electron chi connectivity index (χ1n) is 5.54. The Morgan fingerprint density at radius 1 is 1.47 bits per heavy atom. The summed E-state index contributed by atoms with van der Waals surface area (Å²) in [5, 5.41) is 3.76. The van der Waals surface area contributed by atoms with E-state index in [1.807, 2.05) is 0 Å². The average Bonchev–Trinajstić information content (AvgIpc) is 2.75. The van der Waals surface area contributed by atoms with Gasteiger partial charge in [0.05, 0.1) is 19.8 Å². The van der Waals surface area contributed by atoms with E-state index in [1.54, 1.807) is 23.8 Å². The molecule has 0 radical (unpaired) electrons. The molecule has 7 heteroatoms. The van der Waals surface area contributed by atoms with Crippen molar-refractivity contribution in [1.82, 2.24) is 19.9 Å². The Kier molecular flexibility index (Phi) is 3.58. The molecule has 2 rings (SSSR count). The van der Waals surface area contributed by atoms with Crippen LogP contribution < -0.4 is 0 Å². The lowest BCUT2D eigenvalue weighted by molar-refractivity contribution is 0.0446. The molecule has 94 valence electrons. The zero-order valence-corrected chi connectivity index (χ0v) is 10.0. The number of hydrogen-bond acceptors (Lipinski definition) is 5. The van der Waals surface area contributed by atoms with Gasteiger partial charge in [-0.25, -0.2) is 4.79 Å². The predicted molar refractivity (Wildman–Crippen MR) is 58.3 cm³/mol. The van der Waals surface area contributed by atoms with Gasteiger partial charge in [-0.1, -0.05) is 5.16 Å². The summed E-state index contributed by atoms with van der Waals surface area (Å²) in [6.07, 6.45) is 0. The minimum atomic E-state index is -0.0317. The van der Waals surface area contributed by atoms with Crippen molar-refractivity contribution in [1.29, 1.82) is 0 Å². The monoisotopic (exact) mass is 240 g/mol. The highest BCUT2D eigenvalue weighted by Gasteiger charge is 2.21. The zero-order chi connectivity index (χ0) is 12.3. The number of hydrogen-bond donors (Lipinski definition) is 0. The zero-order valence-electron chi connectivity index (χ0n) is 10.0. The van der Waals surface area contributed by atoms with Crippen molar-refractivity contribution in [2.45, 2.75) is 13.5 Å². The molecule has 1 fully saturated rings. The summed E-state index contributed by atoms with van der Waals surface area (Å²) in [7, 11) is 1.73. The average molecular weight is 240 g/mol. The fourth-order valence-corrected chi connectivity index (χ4v) is 1.68. The van der Waals surface area contributed by atoms with E-state index < -0.39 is 0 Å². The first-order chi connectivity index (χ1) is 8.16. The first kappa shape index (κ1) is 11.8. The quantitative estimate of drug-likeness (QED) is 0.741. The highest BCUT2D eigenvalue weighted by molar-refractivity contribution is 5.74. The molecule has 0 atom stereocenters. The van der Waals surface area contributed by atoms with E-state index >= 15 is 0 Å². The van der Waals surface area contributed by atoms with Gasteiger partial charge >= 0.3 is 6.03 Å². The Morgan fingerprint density at radius 2 is 2.18 bits per heavy atom. The van der Waals surface area contributed by atoms with Crippen LogP contribution in [0.4, 0.5) is 4.79 Å². The minimum Gasteiger partial charge on any atom is -0.378 e. The standard InChI is InChI=1S/C10H16N4O3/c1-8-11-9(12-17-8)7-13(2)10(15)14-3-5-16-6-4-14/h3-7H2,1-2H3. The van der Waals surface area contributed by atoms with E-state index in [-0.39, 0.29) is 6.03 Å². The van der Waals surface area contributed by atoms with Crippen LogP contribution in [-0.2, 0) is 11.3 Å². The topological polar surface area (TPSA) is 71.7 Å². The lowest BCUT2D eigenvalue weighted by atomic mass is 10.4. The van der Waals surface area contributed by atoms with Crippen LogP contribution in [0.1, 0.15) is 11.7 Å². The molecule has 1 aliphatic heterocycles. The van der Waals surface area contributed by atoms with Crippen LogP contribution in [0.5, 0.6) is 0 Å². The molecule has 1 aromatic rings. The SMILES string of the molecule is Cc1nc(CN(C)C(=O)N2CCOCC2)no1. The van der Waals surface area contributed by atoms with Gasteiger partial charge in [-0.3, -0.25) is 0 Å². The number of amides is 2. The second-order valence-electron chi connectivity index (χ2n) is 3.97. The molecule has 0 aromatic carbocycles. The van der Waals surface area contributed by atoms with Crippen molar-refractivity contribution in [2.75, 3.05) is 33.4 Å². The number of carbonyl (C=O) groups is 1. The molecule has 7 nitrogen and oxygen atoms in total. The molecular weight excluding hydrogens is 224 g/mol. The van der Waals surface area contributed by atoms with Crippen LogP contribution in [0, 0.1) is 6.92 Å². The van der Waals surface area contributed by atoms with Gasteiger partial charge in [0.2, 0.25) is 5.89 Å². The van der Waals surface area contributed by atoms with Crippen molar-refractivity contribution in [3.63, 3.8) is 0 Å². The molecule has 2 amide bonds. The predicted octanol–water partition coefficient (Wildman–Crippen LogP) is 0.262. The van der Waals surface area contributed by atoms with Crippen LogP contribution in [0.3, 0.4) is 0 Å². The number of morpholine rings is 1. The number of carbonyl (C=O) groups excluding carboxylic acids is 1. The van der Waals surface area contributed by atoms with Crippen LogP contribution in [0.2, 0.25) is 0 Å². The molecule has 0 spiro atoms. The fraction of sp³-hybridized carbons (Fsp3) is 0.700. The summed E-state index contributed by atoms with van der Waals surface area (Å²) < 4.78 is 10.1. The Bertz CT molecular complexity index is 387. The Labute approximate surface area is 99.3 Å². The molecule has 17 heavy (non-hydrogen) atoms. The number of rotatable bonds is 2. The first-order valence-corrected chi connectivity index (χ1v) is 5.54. The van der Waals surface area contributed by atoms with Crippen molar-refractivity contribution < 1.29 is 14.1 Å². The molecule has 1 saturated heterocycles. The maximum absolute atomic E-state index is 12.0. The van der Waals surface area contributed by atoms with Crippen LogP contribution >= 0.6 is 0 Å². The normalized spacial score (nSPS) is 16.0. The fourth-order valence-electron chi connectivity index (χ4n) is 1.68. The third-order valence-electron chi connectivity index (χ3n) is 2.56. The van der Waals surface area contributed by atoms with E-state index in [9.17, 15) is 4.79 Å². The van der Waals surface area contributed by atoms with Gasteiger partial charge in [-0.05, 0) is 0 Å². The van der Waals surface area contributed by atoms with E-state index in [0.29, 0.717) is 44.6 Å². The molecule has 1 aromatic heterocycles. The second kappa shape index (κ2) is 5.13. The van der Waals surface area contributed by atoms with E-state index in [4.69, 9.17) is 9.26 Å². The summed E-state index contributed by atoms with van der Waals surface area (Å²) in [6, 6.07) is -0.0317. The number of ether oxygens (including phenoxy) is 1. The maximum Gasteiger partial charge on any atom is 0.320 e. The number of nitrogens with zero attached hydrogens (tertiary/aromatic N) is 4. The number of urea groups is 1. The second-order valence-corrected chi connectivity index (χ2v) is 3.97. The van der Waals surface area contributed by atoms with Gasteiger partial charge in [0.25, 0.3) is 0 Å². The van der Waals surface area contributed by atoms with Crippen molar-refractivity contribution in [3.05, 3.63) is 11.7 Å². The molecular formula is C10H16N4O3. The van der Waals surface area contributed by atoms with Crippen molar-refractivity contribution in [3.8, 4) is 0 Å². The number of aromatic nitrogens is 2. The van der Waals surface area contributed by atoms with Gasteiger partial charge in [0.15, 0.2) is 5.82 Å². The van der Waals surface area contributed by atoms with Gasteiger partial charge in [0.1, 0.15) is 0 Å². The third kappa shape index (κ3) is 2.94. The summed E-state index contributed by atoms with van der Waals surface area (Å²) in [5.74, 6) is 1.03. The lowest BCUT2D eigenvalue weighted by Crippen LogP contribution is -2.46. The van der Waals surface area contributed by atoms with Crippen molar-refractivity contribution in [2.24, 2.45) is 0 Å². The maximum atomic E-state index is 12.0. The molecule has 2 heterocycles. The summed E-state index contributed by atoms with van der Waals surface area (Å²) in [6.45, 7) is 4.54. The Balaban J connectivity index is 1.90. The van der Waals surface area contributed by atoms with Crippen LogP contribution in [-0.4, -0.2) is 59.3 Å². The number of aryl methyl sites for hydroxylation is 1. The van der Waals surface area contributed by atoms with E-state index in [2.05, 4.69) is 10.1 Å². The lowest BCUT2D eigenvalue weighted by Gasteiger charge is -2.30. The Hall–Kier alpha value is -1.63. The molecule has 1 aliphatic rings. The van der Waals surface area contributed by atoms with Crippen LogP contribution in [0.25, 0.3) is 0 Å². The van der Waals surface area contributed by atoms with E-state index in [0.717, 1.165) is 0 Å². The van der Waals surface area contributed by atoms with Crippen LogP contribution in [0.15, 0.2) is 4.52 Å². The highest BCUT2D eigenvalue weighted by atomic mass is 16.5. The third-order valence-corrected chi connectivity index (χ3v) is 2.56. The minimum absolute atomic E-state index is 0.0317. The summed E-state index contributed by atoms with van der Waals surface area (Å²) >= 11 is 0. The highest BCUT2D eigenvalue weighted by Crippen LogP contribution is 2.05. The van der Waals surface area contributed by atoms with Gasteiger partial charge in [0, 0.05) is 27.1 Å². The molecule has 0 aliphatic carbocycles. The van der Waals surface area contributed by atoms with Crippen molar-refractivity contribution >= 4 is 6.03 Å². The van der Waals surface area contributed by atoms with Gasteiger partial charge < -0.3 is 19.1 Å². The largest absolute Gasteiger partial charge is 0.378 e. The Morgan fingerprint density at radius 3 is 2.76 bits per heavy atom. The molecule has 0 N–H and O–H groups in total.